The Morgan fingerprint density at radius 3 is 2.68 bits per heavy atom. The molecule has 102 valence electrons. The van der Waals surface area contributed by atoms with Crippen molar-refractivity contribution in [2.75, 3.05) is 6.61 Å². The molecule has 3 heteroatoms. The Morgan fingerprint density at radius 1 is 1.26 bits per heavy atom. The van der Waals surface area contributed by atoms with Crippen LogP contribution in [0, 0.1) is 5.92 Å². The molecule has 1 aromatic heterocycles. The molecular weight excluding hydrogens is 238 g/mol. The first-order valence-electron chi connectivity index (χ1n) is 6.77. The molecule has 0 bridgehead atoms. The molecular formula is C16H21NO2. The van der Waals surface area contributed by atoms with E-state index in [0.717, 1.165) is 16.5 Å². The van der Waals surface area contributed by atoms with Crippen molar-refractivity contribution in [1.29, 1.82) is 0 Å². The summed E-state index contributed by atoms with van der Waals surface area (Å²) in [6.45, 7) is 6.65. The lowest BCUT2D eigenvalue weighted by atomic mass is 9.96. The molecule has 0 amide bonds. The minimum atomic E-state index is -0.642. The highest BCUT2D eigenvalue weighted by atomic mass is 16.5. The third kappa shape index (κ3) is 3.11. The maximum Gasteiger partial charge on any atom is 0.107 e. The highest BCUT2D eigenvalue weighted by Crippen LogP contribution is 2.26. The molecule has 1 heterocycles. The van der Waals surface area contributed by atoms with Crippen molar-refractivity contribution in [2.45, 2.75) is 33.0 Å². The van der Waals surface area contributed by atoms with E-state index < -0.39 is 6.10 Å². The van der Waals surface area contributed by atoms with Crippen molar-refractivity contribution in [1.82, 2.24) is 4.98 Å². The molecule has 2 rings (SSSR count). The van der Waals surface area contributed by atoms with E-state index in [1.807, 2.05) is 37.3 Å². The van der Waals surface area contributed by atoms with Crippen molar-refractivity contribution in [2.24, 2.45) is 5.92 Å². The van der Waals surface area contributed by atoms with Crippen LogP contribution < -0.4 is 0 Å². The SMILES string of the molecule is CCOC(C(C)C)C(O)c1cnc2ccccc2c1. The summed E-state index contributed by atoms with van der Waals surface area (Å²) in [5, 5.41) is 11.5. The topological polar surface area (TPSA) is 42.4 Å². The molecule has 2 unspecified atom stereocenters. The first-order chi connectivity index (χ1) is 9.13. The van der Waals surface area contributed by atoms with Crippen molar-refractivity contribution in [3.05, 3.63) is 42.1 Å². The van der Waals surface area contributed by atoms with Gasteiger partial charge in [-0.1, -0.05) is 32.0 Å². The third-order valence-corrected chi connectivity index (χ3v) is 3.28. The molecule has 0 aliphatic rings. The average Bonchev–Trinajstić information content (AvgIpc) is 2.43. The van der Waals surface area contributed by atoms with Crippen LogP contribution in [0.2, 0.25) is 0 Å². The van der Waals surface area contributed by atoms with Crippen LogP contribution in [0.1, 0.15) is 32.4 Å². The van der Waals surface area contributed by atoms with Gasteiger partial charge in [-0.15, -0.1) is 0 Å². The first kappa shape index (κ1) is 14.0. The average molecular weight is 259 g/mol. The summed E-state index contributed by atoms with van der Waals surface area (Å²) >= 11 is 0. The summed E-state index contributed by atoms with van der Waals surface area (Å²) in [5.74, 6) is 0.251. The van der Waals surface area contributed by atoms with Gasteiger partial charge in [0.2, 0.25) is 0 Å². The molecule has 2 aromatic rings. The number of aliphatic hydroxyl groups is 1. The minimum Gasteiger partial charge on any atom is -0.386 e. The van der Waals surface area contributed by atoms with E-state index in [4.69, 9.17) is 4.74 Å². The quantitative estimate of drug-likeness (QED) is 0.895. The van der Waals surface area contributed by atoms with Gasteiger partial charge in [-0.05, 0) is 25.0 Å². The van der Waals surface area contributed by atoms with E-state index in [1.54, 1.807) is 6.20 Å². The van der Waals surface area contributed by atoms with Gasteiger partial charge in [-0.3, -0.25) is 4.98 Å². The van der Waals surface area contributed by atoms with Gasteiger partial charge in [0.15, 0.2) is 0 Å². The summed E-state index contributed by atoms with van der Waals surface area (Å²) in [5.41, 5.74) is 1.75. The van der Waals surface area contributed by atoms with Gasteiger partial charge in [0.1, 0.15) is 6.10 Å². The molecule has 0 spiro atoms. The van der Waals surface area contributed by atoms with E-state index in [9.17, 15) is 5.11 Å². The van der Waals surface area contributed by atoms with Crippen LogP contribution in [-0.4, -0.2) is 22.8 Å². The van der Waals surface area contributed by atoms with E-state index in [-0.39, 0.29) is 12.0 Å². The fraction of sp³-hybridized carbons (Fsp3) is 0.438. The zero-order valence-corrected chi connectivity index (χ0v) is 11.7. The summed E-state index contributed by atoms with van der Waals surface area (Å²) in [4.78, 5) is 4.39. The molecule has 0 aliphatic heterocycles. The third-order valence-electron chi connectivity index (χ3n) is 3.28. The lowest BCUT2D eigenvalue weighted by Crippen LogP contribution is -2.28. The molecule has 0 fully saturated rings. The number of hydrogen-bond acceptors (Lipinski definition) is 3. The second-order valence-corrected chi connectivity index (χ2v) is 5.07. The highest BCUT2D eigenvalue weighted by Gasteiger charge is 2.24. The predicted octanol–water partition coefficient (Wildman–Crippen LogP) is 3.33. The first-order valence-corrected chi connectivity index (χ1v) is 6.77. The lowest BCUT2D eigenvalue weighted by molar-refractivity contribution is -0.0586. The Balaban J connectivity index is 2.31. The monoisotopic (exact) mass is 259 g/mol. The fourth-order valence-electron chi connectivity index (χ4n) is 2.28. The summed E-state index contributed by atoms with van der Waals surface area (Å²) in [6, 6.07) is 9.89. The molecule has 2 atom stereocenters. The highest BCUT2D eigenvalue weighted by molar-refractivity contribution is 5.78. The predicted molar refractivity (Wildman–Crippen MR) is 77.0 cm³/mol. The Labute approximate surface area is 114 Å². The Kier molecular flexibility index (Phi) is 4.51. The Bertz CT molecular complexity index is 539. The van der Waals surface area contributed by atoms with Crippen molar-refractivity contribution >= 4 is 10.9 Å². The number of benzene rings is 1. The normalized spacial score (nSPS) is 14.8. The Morgan fingerprint density at radius 2 is 2.00 bits per heavy atom. The molecule has 1 N–H and O–H groups in total. The number of para-hydroxylation sites is 1. The zero-order valence-electron chi connectivity index (χ0n) is 11.7. The van der Waals surface area contributed by atoms with E-state index in [2.05, 4.69) is 18.8 Å². The minimum absolute atomic E-state index is 0.201. The molecule has 0 saturated carbocycles. The van der Waals surface area contributed by atoms with Gasteiger partial charge in [0.25, 0.3) is 0 Å². The van der Waals surface area contributed by atoms with Crippen LogP contribution in [0.5, 0.6) is 0 Å². The number of fused-ring (bicyclic) bond motifs is 1. The smallest absolute Gasteiger partial charge is 0.107 e. The number of aliphatic hydroxyl groups excluding tert-OH is 1. The zero-order chi connectivity index (χ0) is 13.8. The van der Waals surface area contributed by atoms with Crippen LogP contribution >= 0.6 is 0 Å². The van der Waals surface area contributed by atoms with Gasteiger partial charge in [0.05, 0.1) is 11.6 Å². The van der Waals surface area contributed by atoms with Crippen molar-refractivity contribution in [3.8, 4) is 0 Å². The number of ether oxygens (including phenoxy) is 1. The van der Waals surface area contributed by atoms with Crippen LogP contribution in [0.4, 0.5) is 0 Å². The number of pyridine rings is 1. The van der Waals surface area contributed by atoms with Gasteiger partial charge in [0, 0.05) is 23.8 Å². The number of rotatable bonds is 5. The van der Waals surface area contributed by atoms with Crippen LogP contribution in [-0.2, 0) is 4.74 Å². The fourth-order valence-corrected chi connectivity index (χ4v) is 2.28. The standard InChI is InChI=1S/C16H21NO2/c1-4-19-16(11(2)3)15(18)13-9-12-7-5-6-8-14(12)17-10-13/h5-11,15-16,18H,4H2,1-3H3. The summed E-state index contributed by atoms with van der Waals surface area (Å²) in [6.07, 6.45) is 0.895. The molecule has 3 nitrogen and oxygen atoms in total. The maximum atomic E-state index is 10.5. The van der Waals surface area contributed by atoms with Crippen molar-refractivity contribution in [3.63, 3.8) is 0 Å². The van der Waals surface area contributed by atoms with Gasteiger partial charge in [-0.2, -0.15) is 0 Å². The second kappa shape index (κ2) is 6.13. The molecule has 0 aliphatic carbocycles. The van der Waals surface area contributed by atoms with E-state index >= 15 is 0 Å². The van der Waals surface area contributed by atoms with Crippen LogP contribution in [0.3, 0.4) is 0 Å². The number of nitrogens with zero attached hydrogens (tertiary/aromatic N) is 1. The van der Waals surface area contributed by atoms with E-state index in [1.165, 1.54) is 0 Å². The molecule has 0 saturated heterocycles. The summed E-state index contributed by atoms with van der Waals surface area (Å²) in [7, 11) is 0. The lowest BCUT2D eigenvalue weighted by Gasteiger charge is -2.26. The number of aromatic nitrogens is 1. The number of hydrogen-bond donors (Lipinski definition) is 1. The van der Waals surface area contributed by atoms with Crippen LogP contribution in [0.25, 0.3) is 10.9 Å². The largest absolute Gasteiger partial charge is 0.386 e. The molecule has 0 radical (unpaired) electrons. The van der Waals surface area contributed by atoms with E-state index in [0.29, 0.717) is 6.61 Å². The Hall–Kier alpha value is -1.45. The van der Waals surface area contributed by atoms with Gasteiger partial charge in [-0.25, -0.2) is 0 Å². The molecule has 1 aromatic carbocycles. The van der Waals surface area contributed by atoms with Gasteiger partial charge >= 0.3 is 0 Å². The van der Waals surface area contributed by atoms with Crippen LogP contribution in [0.15, 0.2) is 36.5 Å². The second-order valence-electron chi connectivity index (χ2n) is 5.07. The van der Waals surface area contributed by atoms with Crippen molar-refractivity contribution < 1.29 is 9.84 Å². The summed E-state index contributed by atoms with van der Waals surface area (Å²) < 4.78 is 5.65. The van der Waals surface area contributed by atoms with Gasteiger partial charge < -0.3 is 9.84 Å². The molecule has 19 heavy (non-hydrogen) atoms. The maximum absolute atomic E-state index is 10.5.